The summed E-state index contributed by atoms with van der Waals surface area (Å²) in [7, 11) is 1.87. The predicted molar refractivity (Wildman–Crippen MR) is 97.3 cm³/mol. The molecule has 0 bridgehead atoms. The highest BCUT2D eigenvalue weighted by atomic mass is 35.5. The number of thioether (sulfide) groups is 1. The van der Waals surface area contributed by atoms with E-state index in [1.54, 1.807) is 36.0 Å². The summed E-state index contributed by atoms with van der Waals surface area (Å²) < 4.78 is 0. The van der Waals surface area contributed by atoms with Gasteiger partial charge in [-0.2, -0.15) is 11.8 Å². The normalized spacial score (nSPS) is 11.8. The number of benzene rings is 1. The van der Waals surface area contributed by atoms with Gasteiger partial charge in [-0.05, 0) is 50.6 Å². The highest BCUT2D eigenvalue weighted by Gasteiger charge is 2.21. The van der Waals surface area contributed by atoms with Crippen molar-refractivity contribution in [1.29, 1.82) is 0 Å². The van der Waals surface area contributed by atoms with Crippen LogP contribution >= 0.6 is 23.4 Å². The largest absolute Gasteiger partial charge is 0.354 e. The molecule has 5 nitrogen and oxygen atoms in total. The van der Waals surface area contributed by atoms with Crippen molar-refractivity contribution >= 4 is 35.2 Å². The summed E-state index contributed by atoms with van der Waals surface area (Å²) in [4.78, 5) is 24.6. The minimum absolute atomic E-state index is 0.157. The maximum Gasteiger partial charge on any atom is 0.253 e. The summed E-state index contributed by atoms with van der Waals surface area (Å²) in [5.74, 6) is 0.305. The van der Waals surface area contributed by atoms with Crippen molar-refractivity contribution in [3.05, 3.63) is 34.9 Å². The Hall–Kier alpha value is -1.24. The zero-order valence-corrected chi connectivity index (χ0v) is 15.1. The van der Waals surface area contributed by atoms with E-state index in [0.717, 1.165) is 18.7 Å². The Kier molecular flexibility index (Phi) is 9.75. The number of rotatable bonds is 10. The van der Waals surface area contributed by atoms with Crippen molar-refractivity contribution in [2.45, 2.75) is 18.9 Å². The van der Waals surface area contributed by atoms with Gasteiger partial charge < -0.3 is 16.0 Å². The van der Waals surface area contributed by atoms with Gasteiger partial charge in [-0.3, -0.25) is 9.59 Å². The maximum atomic E-state index is 12.3. The van der Waals surface area contributed by atoms with Crippen molar-refractivity contribution in [3.63, 3.8) is 0 Å². The molecule has 0 aliphatic heterocycles. The molecule has 0 radical (unpaired) electrons. The smallest absolute Gasteiger partial charge is 0.253 e. The first-order valence-corrected chi connectivity index (χ1v) is 9.34. The van der Waals surface area contributed by atoms with Gasteiger partial charge in [0, 0.05) is 6.54 Å². The predicted octanol–water partition coefficient (Wildman–Crippen LogP) is 1.92. The van der Waals surface area contributed by atoms with E-state index in [1.165, 1.54) is 0 Å². The molecule has 128 valence electrons. The van der Waals surface area contributed by atoms with Gasteiger partial charge in [-0.1, -0.05) is 23.7 Å². The Morgan fingerprint density at radius 3 is 2.65 bits per heavy atom. The lowest BCUT2D eigenvalue weighted by molar-refractivity contribution is -0.123. The first-order valence-electron chi connectivity index (χ1n) is 7.56. The Labute approximate surface area is 146 Å². The van der Waals surface area contributed by atoms with Gasteiger partial charge in [0.15, 0.2) is 0 Å². The van der Waals surface area contributed by atoms with Crippen LogP contribution in [0.3, 0.4) is 0 Å². The van der Waals surface area contributed by atoms with Crippen LogP contribution in [0.1, 0.15) is 23.2 Å². The Bertz CT molecular complexity index is 514. The highest BCUT2D eigenvalue weighted by molar-refractivity contribution is 7.98. The van der Waals surface area contributed by atoms with Crippen LogP contribution in [0, 0.1) is 0 Å². The molecule has 1 aromatic carbocycles. The number of nitrogens with one attached hydrogen (secondary N) is 3. The fourth-order valence-electron chi connectivity index (χ4n) is 1.99. The molecular weight excluding hydrogens is 334 g/mol. The average molecular weight is 358 g/mol. The van der Waals surface area contributed by atoms with E-state index in [9.17, 15) is 9.59 Å². The second-order valence-corrected chi connectivity index (χ2v) is 6.43. The van der Waals surface area contributed by atoms with Crippen LogP contribution in [-0.4, -0.2) is 50.0 Å². The molecule has 0 fully saturated rings. The zero-order chi connectivity index (χ0) is 17.1. The molecule has 0 saturated heterocycles. The quantitative estimate of drug-likeness (QED) is 0.559. The van der Waals surface area contributed by atoms with E-state index in [0.29, 0.717) is 23.6 Å². The molecule has 7 heteroatoms. The van der Waals surface area contributed by atoms with Gasteiger partial charge in [0.2, 0.25) is 5.91 Å². The molecule has 2 amide bonds. The third kappa shape index (κ3) is 7.24. The Balaban J connectivity index is 2.64. The van der Waals surface area contributed by atoms with Gasteiger partial charge in [0.05, 0.1) is 10.6 Å². The second kappa shape index (κ2) is 11.3. The first kappa shape index (κ1) is 19.8. The molecule has 0 aromatic heterocycles. The molecule has 0 saturated carbocycles. The third-order valence-electron chi connectivity index (χ3n) is 3.25. The summed E-state index contributed by atoms with van der Waals surface area (Å²) >= 11 is 7.67. The molecule has 1 unspecified atom stereocenters. The second-order valence-electron chi connectivity index (χ2n) is 5.04. The van der Waals surface area contributed by atoms with Gasteiger partial charge in [-0.25, -0.2) is 0 Å². The van der Waals surface area contributed by atoms with E-state index in [-0.39, 0.29) is 11.8 Å². The van der Waals surface area contributed by atoms with Gasteiger partial charge >= 0.3 is 0 Å². The van der Waals surface area contributed by atoms with Gasteiger partial charge in [-0.15, -0.1) is 0 Å². The van der Waals surface area contributed by atoms with Crippen molar-refractivity contribution < 1.29 is 9.59 Å². The Morgan fingerprint density at radius 2 is 2.00 bits per heavy atom. The standard InChI is InChI=1S/C16H24ClN3O2S/c1-18-9-5-10-19-16(22)14(8-11-23-2)20-15(21)12-6-3-4-7-13(12)17/h3-4,6-7,14,18H,5,8-11H2,1-2H3,(H,19,22)(H,20,21). The minimum Gasteiger partial charge on any atom is -0.354 e. The fraction of sp³-hybridized carbons (Fsp3) is 0.500. The number of carbonyl (C=O) groups is 2. The Morgan fingerprint density at radius 1 is 1.26 bits per heavy atom. The third-order valence-corrected chi connectivity index (χ3v) is 4.23. The minimum atomic E-state index is -0.555. The monoisotopic (exact) mass is 357 g/mol. The van der Waals surface area contributed by atoms with Crippen LogP contribution in [-0.2, 0) is 4.79 Å². The number of hydrogen-bond acceptors (Lipinski definition) is 4. The SMILES string of the molecule is CNCCCNC(=O)C(CCSC)NC(=O)c1ccccc1Cl. The number of hydrogen-bond donors (Lipinski definition) is 3. The topological polar surface area (TPSA) is 70.2 Å². The van der Waals surface area contributed by atoms with E-state index < -0.39 is 6.04 Å². The lowest BCUT2D eigenvalue weighted by Crippen LogP contribution is -2.47. The number of carbonyl (C=O) groups excluding carboxylic acids is 2. The van der Waals surface area contributed by atoms with Crippen LogP contribution in [0.15, 0.2) is 24.3 Å². The molecular formula is C16H24ClN3O2S. The maximum absolute atomic E-state index is 12.3. The summed E-state index contributed by atoms with van der Waals surface area (Å²) in [6, 6.07) is 6.26. The first-order chi connectivity index (χ1) is 11.1. The van der Waals surface area contributed by atoms with Gasteiger partial charge in [0.25, 0.3) is 5.91 Å². The molecule has 23 heavy (non-hydrogen) atoms. The molecule has 0 spiro atoms. The summed E-state index contributed by atoms with van der Waals surface area (Å²) in [6.07, 6.45) is 3.39. The van der Waals surface area contributed by atoms with Crippen LogP contribution in [0.25, 0.3) is 0 Å². The average Bonchev–Trinajstić information content (AvgIpc) is 2.55. The lowest BCUT2D eigenvalue weighted by Gasteiger charge is -2.18. The molecule has 3 N–H and O–H groups in total. The summed E-state index contributed by atoms with van der Waals surface area (Å²) in [5, 5.41) is 9.05. The van der Waals surface area contributed by atoms with Crippen LogP contribution in [0.4, 0.5) is 0 Å². The lowest BCUT2D eigenvalue weighted by atomic mass is 10.1. The van der Waals surface area contributed by atoms with Crippen molar-refractivity contribution in [1.82, 2.24) is 16.0 Å². The van der Waals surface area contributed by atoms with Crippen LogP contribution in [0.5, 0.6) is 0 Å². The van der Waals surface area contributed by atoms with Crippen molar-refractivity contribution in [2.24, 2.45) is 0 Å². The van der Waals surface area contributed by atoms with E-state index in [1.807, 2.05) is 13.3 Å². The zero-order valence-electron chi connectivity index (χ0n) is 13.5. The fourth-order valence-corrected chi connectivity index (χ4v) is 2.68. The van der Waals surface area contributed by atoms with Crippen LogP contribution in [0.2, 0.25) is 5.02 Å². The van der Waals surface area contributed by atoms with Crippen molar-refractivity contribution in [2.75, 3.05) is 32.1 Å². The highest BCUT2D eigenvalue weighted by Crippen LogP contribution is 2.15. The molecule has 0 aliphatic carbocycles. The van der Waals surface area contributed by atoms with E-state index in [4.69, 9.17) is 11.6 Å². The van der Waals surface area contributed by atoms with Crippen LogP contribution < -0.4 is 16.0 Å². The molecule has 1 atom stereocenters. The number of amides is 2. The summed E-state index contributed by atoms with van der Waals surface area (Å²) in [6.45, 7) is 1.42. The molecule has 1 rings (SSSR count). The molecule has 0 heterocycles. The molecule has 0 aliphatic rings. The van der Waals surface area contributed by atoms with Crippen molar-refractivity contribution in [3.8, 4) is 0 Å². The van der Waals surface area contributed by atoms with E-state index in [2.05, 4.69) is 16.0 Å². The van der Waals surface area contributed by atoms with E-state index >= 15 is 0 Å². The number of halogens is 1. The summed E-state index contributed by atoms with van der Waals surface area (Å²) in [5.41, 5.74) is 0.381. The molecule has 1 aromatic rings. The van der Waals surface area contributed by atoms with Gasteiger partial charge in [0.1, 0.15) is 6.04 Å².